The molecule has 152 valence electrons. The largest absolute Gasteiger partial charge is 0.353 e. The molecule has 6 heteroatoms. The highest BCUT2D eigenvalue weighted by molar-refractivity contribution is 7.88. The zero-order valence-electron chi connectivity index (χ0n) is 16.7. The summed E-state index contributed by atoms with van der Waals surface area (Å²) in [6, 6.07) is 21.9. The van der Waals surface area contributed by atoms with E-state index in [-0.39, 0.29) is 11.8 Å². The van der Waals surface area contributed by atoms with Gasteiger partial charge in [-0.15, -0.1) is 0 Å². The number of nitrogens with zero attached hydrogens (tertiary/aromatic N) is 2. The number of rotatable bonds is 7. The van der Waals surface area contributed by atoms with Crippen molar-refractivity contribution in [2.45, 2.75) is 24.8 Å². The summed E-state index contributed by atoms with van der Waals surface area (Å²) < 4.78 is 30.3. The Morgan fingerprint density at radius 1 is 0.966 bits per heavy atom. The number of nitrogens with one attached hydrogen (secondary N) is 1. The molecule has 0 amide bonds. The molecule has 0 saturated carbocycles. The molecule has 3 aromatic rings. The second kappa shape index (κ2) is 8.53. The number of fused-ring (bicyclic) bond motifs is 1. The number of sulfonamides is 1. The van der Waals surface area contributed by atoms with Crippen LogP contribution in [0.4, 0.5) is 0 Å². The van der Waals surface area contributed by atoms with E-state index in [2.05, 4.69) is 44.5 Å². The van der Waals surface area contributed by atoms with E-state index in [4.69, 9.17) is 0 Å². The molecular formula is C23H27N3O2S. The Morgan fingerprint density at radius 2 is 1.69 bits per heavy atom. The van der Waals surface area contributed by atoms with Gasteiger partial charge in [-0.05, 0) is 35.2 Å². The van der Waals surface area contributed by atoms with E-state index in [1.165, 1.54) is 11.1 Å². The van der Waals surface area contributed by atoms with Crippen LogP contribution in [0.25, 0.3) is 0 Å². The molecule has 1 aliphatic heterocycles. The number of aromatic nitrogens is 1. The third kappa shape index (κ3) is 4.78. The minimum Gasteiger partial charge on any atom is -0.353 e. The zero-order chi connectivity index (χ0) is 20.3. The summed E-state index contributed by atoms with van der Waals surface area (Å²) in [5, 5.41) is 0. The van der Waals surface area contributed by atoms with Crippen LogP contribution in [0.2, 0.25) is 0 Å². The lowest BCUT2D eigenvalue weighted by atomic mass is 9.98. The summed E-state index contributed by atoms with van der Waals surface area (Å²) in [5.74, 6) is -0.00344. The first kappa shape index (κ1) is 19.9. The molecule has 0 saturated heterocycles. The van der Waals surface area contributed by atoms with Gasteiger partial charge in [-0.3, -0.25) is 4.90 Å². The molecule has 0 spiro atoms. The summed E-state index contributed by atoms with van der Waals surface area (Å²) in [6.45, 7) is 2.09. The lowest BCUT2D eigenvalue weighted by Crippen LogP contribution is -2.41. The van der Waals surface area contributed by atoms with Crippen molar-refractivity contribution in [1.29, 1.82) is 0 Å². The number of benzene rings is 2. The van der Waals surface area contributed by atoms with E-state index in [1.807, 2.05) is 49.6 Å². The Balaban J connectivity index is 1.52. The van der Waals surface area contributed by atoms with Crippen molar-refractivity contribution >= 4 is 10.0 Å². The molecule has 2 heterocycles. The highest BCUT2D eigenvalue weighted by Gasteiger charge is 2.27. The smallest absolute Gasteiger partial charge is 0.215 e. The summed E-state index contributed by atoms with van der Waals surface area (Å²) in [7, 11) is -1.41. The fraction of sp³-hybridized carbons (Fsp3) is 0.304. The van der Waals surface area contributed by atoms with E-state index in [0.717, 1.165) is 30.8 Å². The molecule has 1 N–H and O–H groups in total. The number of hydrogen-bond acceptors (Lipinski definition) is 3. The predicted molar refractivity (Wildman–Crippen MR) is 116 cm³/mol. The van der Waals surface area contributed by atoms with Crippen LogP contribution in [0.1, 0.15) is 28.4 Å². The number of hydrogen-bond donors (Lipinski definition) is 1. The van der Waals surface area contributed by atoms with Crippen molar-refractivity contribution in [1.82, 2.24) is 14.2 Å². The first-order valence-corrected chi connectivity index (χ1v) is 11.6. The first-order chi connectivity index (χ1) is 14.0. The van der Waals surface area contributed by atoms with Gasteiger partial charge in [-0.1, -0.05) is 54.6 Å². The van der Waals surface area contributed by atoms with Crippen molar-refractivity contribution in [2.24, 2.45) is 7.05 Å². The molecule has 5 nitrogen and oxygen atoms in total. The van der Waals surface area contributed by atoms with Crippen LogP contribution in [0.15, 0.2) is 72.9 Å². The van der Waals surface area contributed by atoms with Crippen LogP contribution in [0.5, 0.6) is 0 Å². The lowest BCUT2D eigenvalue weighted by Gasteiger charge is -2.36. The van der Waals surface area contributed by atoms with Crippen LogP contribution in [0, 0.1) is 0 Å². The van der Waals surface area contributed by atoms with Gasteiger partial charge in [0, 0.05) is 38.6 Å². The van der Waals surface area contributed by atoms with Crippen LogP contribution in [-0.4, -0.2) is 31.0 Å². The Kier molecular flexibility index (Phi) is 5.85. The van der Waals surface area contributed by atoms with Crippen molar-refractivity contribution in [3.63, 3.8) is 0 Å². The summed E-state index contributed by atoms with van der Waals surface area (Å²) in [5.41, 5.74) is 4.62. The average molecular weight is 410 g/mol. The summed E-state index contributed by atoms with van der Waals surface area (Å²) in [6.07, 6.45) is 2.99. The van der Waals surface area contributed by atoms with Crippen molar-refractivity contribution < 1.29 is 8.42 Å². The van der Waals surface area contributed by atoms with Gasteiger partial charge in [0.25, 0.3) is 0 Å². The quantitative estimate of drug-likeness (QED) is 0.652. The zero-order valence-corrected chi connectivity index (χ0v) is 17.5. The standard InChI is InChI=1S/C23H27N3O2S/c1-25-14-7-12-22(25)23(26-15-13-20-10-5-6-11-21(20)17-26)16-24-29(27,28)18-19-8-3-2-4-9-19/h2-12,14,23-24H,13,15-18H2,1H3/t23-/m0/s1. The van der Waals surface area contributed by atoms with E-state index in [1.54, 1.807) is 0 Å². The number of aryl methyl sites for hydroxylation is 1. The minimum absolute atomic E-state index is 0.00344. The molecule has 1 atom stereocenters. The highest BCUT2D eigenvalue weighted by atomic mass is 32.2. The average Bonchev–Trinajstić information content (AvgIpc) is 3.14. The molecule has 2 aromatic carbocycles. The third-order valence-corrected chi connectivity index (χ3v) is 6.94. The topological polar surface area (TPSA) is 54.3 Å². The third-order valence-electron chi connectivity index (χ3n) is 5.62. The van der Waals surface area contributed by atoms with Crippen molar-refractivity contribution in [2.75, 3.05) is 13.1 Å². The molecule has 0 unspecified atom stereocenters. The Bertz CT molecular complexity index is 1060. The van der Waals surface area contributed by atoms with E-state index in [0.29, 0.717) is 6.54 Å². The fourth-order valence-corrected chi connectivity index (χ4v) is 5.22. The fourth-order valence-electron chi connectivity index (χ4n) is 4.08. The summed E-state index contributed by atoms with van der Waals surface area (Å²) in [4.78, 5) is 2.38. The van der Waals surface area contributed by atoms with Gasteiger partial charge in [-0.2, -0.15) is 0 Å². The van der Waals surface area contributed by atoms with Gasteiger partial charge in [-0.25, -0.2) is 13.1 Å². The van der Waals surface area contributed by atoms with Gasteiger partial charge >= 0.3 is 0 Å². The molecule has 0 fully saturated rings. The molecule has 0 radical (unpaired) electrons. The van der Waals surface area contributed by atoms with Gasteiger partial charge in [0.2, 0.25) is 10.0 Å². The highest BCUT2D eigenvalue weighted by Crippen LogP contribution is 2.28. The maximum atomic E-state index is 12.7. The minimum atomic E-state index is -3.42. The van der Waals surface area contributed by atoms with E-state index in [9.17, 15) is 8.42 Å². The molecular weight excluding hydrogens is 382 g/mol. The summed E-state index contributed by atoms with van der Waals surface area (Å²) >= 11 is 0. The van der Waals surface area contributed by atoms with Gasteiger partial charge in [0.15, 0.2) is 0 Å². The Labute approximate surface area is 173 Å². The van der Waals surface area contributed by atoms with Crippen LogP contribution >= 0.6 is 0 Å². The second-order valence-electron chi connectivity index (χ2n) is 7.64. The van der Waals surface area contributed by atoms with Crippen LogP contribution in [-0.2, 0) is 35.8 Å². The maximum Gasteiger partial charge on any atom is 0.215 e. The second-order valence-corrected chi connectivity index (χ2v) is 9.45. The van der Waals surface area contributed by atoms with Gasteiger partial charge in [0.05, 0.1) is 11.8 Å². The normalized spacial score (nSPS) is 15.8. The monoisotopic (exact) mass is 409 g/mol. The lowest BCUT2D eigenvalue weighted by molar-refractivity contribution is 0.174. The molecule has 29 heavy (non-hydrogen) atoms. The Hall–Kier alpha value is -2.41. The van der Waals surface area contributed by atoms with Crippen molar-refractivity contribution in [3.8, 4) is 0 Å². The Morgan fingerprint density at radius 3 is 2.41 bits per heavy atom. The van der Waals surface area contributed by atoms with E-state index < -0.39 is 10.0 Å². The van der Waals surface area contributed by atoms with Crippen LogP contribution in [0.3, 0.4) is 0 Å². The molecule has 1 aliphatic rings. The van der Waals surface area contributed by atoms with Gasteiger partial charge in [0.1, 0.15) is 0 Å². The molecule has 1 aromatic heterocycles. The molecule has 0 bridgehead atoms. The van der Waals surface area contributed by atoms with Crippen LogP contribution < -0.4 is 4.72 Å². The predicted octanol–water partition coefficient (Wildman–Crippen LogP) is 3.24. The maximum absolute atomic E-state index is 12.7. The van der Waals surface area contributed by atoms with E-state index >= 15 is 0 Å². The molecule has 4 rings (SSSR count). The first-order valence-electron chi connectivity index (χ1n) is 9.95. The molecule has 0 aliphatic carbocycles. The SMILES string of the molecule is Cn1cccc1[C@H](CNS(=O)(=O)Cc1ccccc1)N1CCc2ccccc2C1. The van der Waals surface area contributed by atoms with Crippen molar-refractivity contribution in [3.05, 3.63) is 95.3 Å². The van der Waals surface area contributed by atoms with Gasteiger partial charge < -0.3 is 4.57 Å².